The Morgan fingerprint density at radius 1 is 1.29 bits per heavy atom. The highest BCUT2D eigenvalue weighted by Gasteiger charge is 2.16. The van der Waals surface area contributed by atoms with Crippen LogP contribution in [0.5, 0.6) is 0 Å². The van der Waals surface area contributed by atoms with E-state index >= 15 is 0 Å². The second-order valence-corrected chi connectivity index (χ2v) is 5.16. The summed E-state index contributed by atoms with van der Waals surface area (Å²) in [6.45, 7) is 3.81. The Balaban J connectivity index is 2.42. The zero-order chi connectivity index (χ0) is 12.4. The van der Waals surface area contributed by atoms with Crippen molar-refractivity contribution in [2.75, 3.05) is 0 Å². The molecule has 1 aromatic heterocycles. The van der Waals surface area contributed by atoms with Gasteiger partial charge in [0.15, 0.2) is 0 Å². The minimum Gasteiger partial charge on any atom is -0.271 e. The van der Waals surface area contributed by atoms with Crippen LogP contribution in [-0.4, -0.2) is 0 Å². The SMILES string of the molecule is Cc1cc(C(NN)c2ccsc2C)ccc1F. The molecule has 1 atom stereocenters. The highest BCUT2D eigenvalue weighted by molar-refractivity contribution is 7.10. The van der Waals surface area contributed by atoms with Gasteiger partial charge in [0.05, 0.1) is 6.04 Å². The monoisotopic (exact) mass is 250 g/mol. The van der Waals surface area contributed by atoms with Crippen molar-refractivity contribution in [3.05, 3.63) is 57.0 Å². The van der Waals surface area contributed by atoms with Crippen LogP contribution in [0.3, 0.4) is 0 Å². The Morgan fingerprint density at radius 2 is 2.06 bits per heavy atom. The molecule has 0 saturated heterocycles. The number of aryl methyl sites for hydroxylation is 2. The van der Waals surface area contributed by atoms with E-state index in [9.17, 15) is 4.39 Å². The van der Waals surface area contributed by atoms with Gasteiger partial charge < -0.3 is 0 Å². The van der Waals surface area contributed by atoms with E-state index in [1.165, 1.54) is 10.9 Å². The summed E-state index contributed by atoms with van der Waals surface area (Å²) >= 11 is 1.68. The number of thiophene rings is 1. The Bertz CT molecular complexity index is 522. The Hall–Kier alpha value is -1.23. The third-order valence-corrected chi connectivity index (χ3v) is 3.75. The standard InChI is InChI=1S/C13H15FN2S/c1-8-7-10(3-4-12(8)14)13(16-15)11-5-6-17-9(11)2/h3-7,13,16H,15H2,1-2H3. The van der Waals surface area contributed by atoms with Gasteiger partial charge in [-0.15, -0.1) is 11.3 Å². The van der Waals surface area contributed by atoms with Crippen LogP contribution in [-0.2, 0) is 0 Å². The number of nitrogens with one attached hydrogen (secondary N) is 1. The summed E-state index contributed by atoms with van der Waals surface area (Å²) in [7, 11) is 0. The molecule has 0 spiro atoms. The molecule has 2 rings (SSSR count). The van der Waals surface area contributed by atoms with Crippen LogP contribution >= 0.6 is 11.3 Å². The summed E-state index contributed by atoms with van der Waals surface area (Å²) in [6.07, 6.45) is 0. The third kappa shape index (κ3) is 2.39. The van der Waals surface area contributed by atoms with Gasteiger partial charge in [0, 0.05) is 4.88 Å². The van der Waals surface area contributed by atoms with Crippen molar-refractivity contribution in [3.63, 3.8) is 0 Å². The normalized spacial score (nSPS) is 12.7. The lowest BCUT2D eigenvalue weighted by atomic mass is 9.98. The van der Waals surface area contributed by atoms with Gasteiger partial charge >= 0.3 is 0 Å². The van der Waals surface area contributed by atoms with Crippen molar-refractivity contribution in [3.8, 4) is 0 Å². The smallest absolute Gasteiger partial charge is 0.126 e. The molecule has 0 radical (unpaired) electrons. The van der Waals surface area contributed by atoms with E-state index < -0.39 is 0 Å². The van der Waals surface area contributed by atoms with Crippen molar-refractivity contribution in [1.29, 1.82) is 0 Å². The number of benzene rings is 1. The largest absolute Gasteiger partial charge is 0.271 e. The maximum Gasteiger partial charge on any atom is 0.126 e. The molecule has 0 aliphatic carbocycles. The number of hydrogen-bond acceptors (Lipinski definition) is 3. The van der Waals surface area contributed by atoms with Gasteiger partial charge in [-0.25, -0.2) is 9.82 Å². The minimum atomic E-state index is -0.188. The first kappa shape index (κ1) is 12.2. The molecular weight excluding hydrogens is 235 g/mol. The van der Waals surface area contributed by atoms with E-state index in [4.69, 9.17) is 5.84 Å². The average Bonchev–Trinajstić information content (AvgIpc) is 2.71. The highest BCUT2D eigenvalue weighted by atomic mass is 32.1. The number of rotatable bonds is 3. The molecular formula is C13H15FN2S. The third-order valence-electron chi connectivity index (χ3n) is 2.89. The lowest BCUT2D eigenvalue weighted by Gasteiger charge is -2.17. The summed E-state index contributed by atoms with van der Waals surface area (Å²) in [6, 6.07) is 7.04. The number of hydrogen-bond donors (Lipinski definition) is 2. The molecule has 0 aliphatic heterocycles. The van der Waals surface area contributed by atoms with Gasteiger partial charge in [-0.3, -0.25) is 5.84 Å². The Morgan fingerprint density at radius 3 is 2.59 bits per heavy atom. The van der Waals surface area contributed by atoms with Crippen LogP contribution in [0.1, 0.15) is 27.6 Å². The first-order chi connectivity index (χ1) is 8.13. The first-order valence-corrected chi connectivity index (χ1v) is 6.27. The zero-order valence-electron chi connectivity index (χ0n) is 9.83. The molecule has 1 heterocycles. The molecule has 90 valence electrons. The van der Waals surface area contributed by atoms with Crippen LogP contribution in [0.2, 0.25) is 0 Å². The highest BCUT2D eigenvalue weighted by Crippen LogP contribution is 2.28. The molecule has 2 aromatic rings. The molecule has 4 heteroatoms. The van der Waals surface area contributed by atoms with E-state index in [-0.39, 0.29) is 11.9 Å². The van der Waals surface area contributed by atoms with Gasteiger partial charge in [-0.05, 0) is 48.1 Å². The number of nitrogens with two attached hydrogens (primary N) is 1. The lowest BCUT2D eigenvalue weighted by Crippen LogP contribution is -2.29. The van der Waals surface area contributed by atoms with Crippen molar-refractivity contribution in [1.82, 2.24) is 5.43 Å². The molecule has 17 heavy (non-hydrogen) atoms. The second-order valence-electron chi connectivity index (χ2n) is 4.04. The molecule has 1 unspecified atom stereocenters. The van der Waals surface area contributed by atoms with Crippen molar-refractivity contribution < 1.29 is 4.39 Å². The van der Waals surface area contributed by atoms with Crippen LogP contribution in [0.15, 0.2) is 29.6 Å². The quantitative estimate of drug-likeness (QED) is 0.649. The van der Waals surface area contributed by atoms with E-state index in [0.717, 1.165) is 11.1 Å². The fraction of sp³-hybridized carbons (Fsp3) is 0.231. The van der Waals surface area contributed by atoms with Crippen molar-refractivity contribution in [2.45, 2.75) is 19.9 Å². The first-order valence-electron chi connectivity index (χ1n) is 5.39. The average molecular weight is 250 g/mol. The van der Waals surface area contributed by atoms with Crippen molar-refractivity contribution >= 4 is 11.3 Å². The molecule has 3 N–H and O–H groups in total. The predicted molar refractivity (Wildman–Crippen MR) is 69.4 cm³/mol. The van der Waals surface area contributed by atoms with E-state index in [1.54, 1.807) is 24.3 Å². The molecule has 0 amide bonds. The topological polar surface area (TPSA) is 38.0 Å². The van der Waals surface area contributed by atoms with Crippen LogP contribution in [0.25, 0.3) is 0 Å². The van der Waals surface area contributed by atoms with Crippen LogP contribution < -0.4 is 11.3 Å². The fourth-order valence-electron chi connectivity index (χ4n) is 1.91. The summed E-state index contributed by atoms with van der Waals surface area (Å²) in [5, 5.41) is 2.03. The summed E-state index contributed by atoms with van der Waals surface area (Å²) in [5.41, 5.74) is 5.55. The van der Waals surface area contributed by atoms with Crippen LogP contribution in [0.4, 0.5) is 4.39 Å². The molecule has 1 aromatic carbocycles. The van der Waals surface area contributed by atoms with E-state index in [2.05, 4.69) is 12.3 Å². The molecule has 0 fully saturated rings. The van der Waals surface area contributed by atoms with Gasteiger partial charge in [0.1, 0.15) is 5.82 Å². The maximum atomic E-state index is 13.2. The Kier molecular flexibility index (Phi) is 3.57. The molecule has 2 nitrogen and oxygen atoms in total. The molecule has 0 aliphatic rings. The van der Waals surface area contributed by atoms with Gasteiger partial charge in [0.2, 0.25) is 0 Å². The molecule has 0 saturated carbocycles. The lowest BCUT2D eigenvalue weighted by molar-refractivity contribution is 0.607. The number of halogens is 1. The van der Waals surface area contributed by atoms with Gasteiger partial charge in [0.25, 0.3) is 0 Å². The van der Waals surface area contributed by atoms with Crippen LogP contribution in [0, 0.1) is 19.7 Å². The molecule has 0 bridgehead atoms. The summed E-state index contributed by atoms with van der Waals surface area (Å²) in [4.78, 5) is 1.22. The minimum absolute atomic E-state index is 0.0828. The summed E-state index contributed by atoms with van der Waals surface area (Å²) < 4.78 is 13.2. The maximum absolute atomic E-state index is 13.2. The van der Waals surface area contributed by atoms with Crippen molar-refractivity contribution in [2.24, 2.45) is 5.84 Å². The Labute approximate surface area is 104 Å². The van der Waals surface area contributed by atoms with Gasteiger partial charge in [-0.2, -0.15) is 0 Å². The van der Waals surface area contributed by atoms with Gasteiger partial charge in [-0.1, -0.05) is 12.1 Å². The summed E-state index contributed by atoms with van der Waals surface area (Å²) in [5.74, 6) is 5.43. The van der Waals surface area contributed by atoms with E-state index in [0.29, 0.717) is 5.56 Å². The second kappa shape index (κ2) is 4.96. The fourth-order valence-corrected chi connectivity index (χ4v) is 2.65. The number of hydrazine groups is 1. The predicted octanol–water partition coefficient (Wildman–Crippen LogP) is 3.06. The zero-order valence-corrected chi connectivity index (χ0v) is 10.6. The van der Waals surface area contributed by atoms with E-state index in [1.807, 2.05) is 17.5 Å².